The van der Waals surface area contributed by atoms with Crippen LogP contribution in [0.25, 0.3) is 0 Å². The molecular weight excluding hydrogens is 212 g/mol. The molecule has 17 heavy (non-hydrogen) atoms. The number of pyridine rings is 1. The van der Waals surface area contributed by atoms with E-state index in [1.54, 1.807) is 0 Å². The van der Waals surface area contributed by atoms with Crippen molar-refractivity contribution in [1.82, 2.24) is 10.3 Å². The monoisotopic (exact) mass is 234 g/mol. The number of hydrogen-bond acceptors (Lipinski definition) is 3. The molecule has 3 heteroatoms. The molecule has 4 unspecified atom stereocenters. The highest BCUT2D eigenvalue weighted by atomic mass is 16.5. The molecule has 1 aromatic heterocycles. The molecule has 0 bridgehead atoms. The number of ether oxygens (including phenoxy) is 1. The van der Waals surface area contributed by atoms with Gasteiger partial charge in [-0.15, -0.1) is 0 Å². The number of nitrogens with one attached hydrogen (secondary N) is 1. The summed E-state index contributed by atoms with van der Waals surface area (Å²) in [4.78, 5) is 4.08. The Bertz CT molecular complexity index is 341. The van der Waals surface area contributed by atoms with Crippen LogP contribution in [0.2, 0.25) is 0 Å². The van der Waals surface area contributed by atoms with Crippen LogP contribution in [0.15, 0.2) is 24.5 Å². The van der Waals surface area contributed by atoms with Crippen LogP contribution in [-0.2, 0) is 4.74 Å². The second kappa shape index (κ2) is 5.61. The number of hydrogen-bond donors (Lipinski definition) is 1. The topological polar surface area (TPSA) is 34.2 Å². The maximum atomic E-state index is 5.68. The van der Waals surface area contributed by atoms with Gasteiger partial charge in [0.1, 0.15) is 0 Å². The molecule has 0 amide bonds. The predicted octanol–water partition coefficient (Wildman–Crippen LogP) is 2.20. The number of aromatic nitrogens is 1. The first-order chi connectivity index (χ1) is 8.24. The van der Waals surface area contributed by atoms with Crippen molar-refractivity contribution in [3.8, 4) is 0 Å². The summed E-state index contributed by atoms with van der Waals surface area (Å²) in [7, 11) is 2.05. The van der Waals surface area contributed by atoms with Crippen LogP contribution in [0.3, 0.4) is 0 Å². The maximum Gasteiger partial charge on any atom is 0.0591 e. The molecule has 0 spiro atoms. The lowest BCUT2D eigenvalue weighted by molar-refractivity contribution is 0.0935. The molecule has 3 nitrogen and oxygen atoms in total. The van der Waals surface area contributed by atoms with Gasteiger partial charge in [0, 0.05) is 31.0 Å². The highest BCUT2D eigenvalue weighted by Crippen LogP contribution is 2.31. The molecule has 2 heterocycles. The van der Waals surface area contributed by atoms with Crippen LogP contribution >= 0.6 is 0 Å². The molecule has 1 saturated heterocycles. The molecule has 1 aliphatic rings. The van der Waals surface area contributed by atoms with Crippen LogP contribution in [0.5, 0.6) is 0 Å². The van der Waals surface area contributed by atoms with Gasteiger partial charge in [-0.2, -0.15) is 0 Å². The molecule has 1 aliphatic heterocycles. The normalized spacial score (nSPS) is 27.9. The summed E-state index contributed by atoms with van der Waals surface area (Å²) in [5, 5.41) is 3.47. The Morgan fingerprint density at radius 2 is 2.12 bits per heavy atom. The SMILES string of the molecule is CNC(C(C)c1ccncc1)C1CCOC1C. The van der Waals surface area contributed by atoms with Crippen molar-refractivity contribution >= 4 is 0 Å². The third-order valence-corrected chi connectivity index (χ3v) is 4.00. The van der Waals surface area contributed by atoms with Crippen molar-refractivity contribution in [2.75, 3.05) is 13.7 Å². The van der Waals surface area contributed by atoms with Gasteiger partial charge in [-0.1, -0.05) is 6.92 Å². The molecule has 0 radical (unpaired) electrons. The second-order valence-corrected chi connectivity index (χ2v) is 4.91. The lowest BCUT2D eigenvalue weighted by Gasteiger charge is -2.31. The summed E-state index contributed by atoms with van der Waals surface area (Å²) in [5.41, 5.74) is 1.35. The zero-order valence-electron chi connectivity index (χ0n) is 10.9. The van der Waals surface area contributed by atoms with E-state index in [2.05, 4.69) is 36.3 Å². The van der Waals surface area contributed by atoms with E-state index in [4.69, 9.17) is 4.74 Å². The van der Waals surface area contributed by atoms with Crippen LogP contribution in [0, 0.1) is 5.92 Å². The first kappa shape index (κ1) is 12.5. The van der Waals surface area contributed by atoms with E-state index in [0.717, 1.165) is 13.0 Å². The molecule has 94 valence electrons. The van der Waals surface area contributed by atoms with Gasteiger partial charge in [0.2, 0.25) is 0 Å². The van der Waals surface area contributed by atoms with Gasteiger partial charge in [0.15, 0.2) is 0 Å². The summed E-state index contributed by atoms with van der Waals surface area (Å²) < 4.78 is 5.68. The van der Waals surface area contributed by atoms with Gasteiger partial charge in [0.05, 0.1) is 6.10 Å². The molecule has 0 aliphatic carbocycles. The Balaban J connectivity index is 2.13. The highest BCUT2D eigenvalue weighted by Gasteiger charge is 2.34. The van der Waals surface area contributed by atoms with E-state index in [9.17, 15) is 0 Å². The van der Waals surface area contributed by atoms with Crippen LogP contribution in [0.4, 0.5) is 0 Å². The van der Waals surface area contributed by atoms with Crippen molar-refractivity contribution in [3.05, 3.63) is 30.1 Å². The van der Waals surface area contributed by atoms with Crippen molar-refractivity contribution in [3.63, 3.8) is 0 Å². The average Bonchev–Trinajstić information content (AvgIpc) is 2.78. The Morgan fingerprint density at radius 3 is 2.65 bits per heavy atom. The Hall–Kier alpha value is -0.930. The first-order valence-electron chi connectivity index (χ1n) is 6.43. The largest absolute Gasteiger partial charge is 0.378 e. The van der Waals surface area contributed by atoms with Crippen LogP contribution < -0.4 is 5.32 Å². The molecular formula is C14H22N2O. The summed E-state index contributed by atoms with van der Waals surface area (Å²) >= 11 is 0. The molecule has 1 aromatic rings. The van der Waals surface area contributed by atoms with E-state index in [-0.39, 0.29) is 0 Å². The van der Waals surface area contributed by atoms with Gasteiger partial charge >= 0.3 is 0 Å². The van der Waals surface area contributed by atoms with Gasteiger partial charge < -0.3 is 10.1 Å². The summed E-state index contributed by atoms with van der Waals surface area (Å²) in [6.45, 7) is 5.36. The molecule has 0 aromatic carbocycles. The maximum absolute atomic E-state index is 5.68. The van der Waals surface area contributed by atoms with E-state index in [0.29, 0.717) is 24.0 Å². The third kappa shape index (κ3) is 2.67. The third-order valence-electron chi connectivity index (χ3n) is 4.00. The Kier molecular flexibility index (Phi) is 4.13. The fourth-order valence-corrected chi connectivity index (χ4v) is 2.93. The second-order valence-electron chi connectivity index (χ2n) is 4.91. The fraction of sp³-hybridized carbons (Fsp3) is 0.643. The van der Waals surface area contributed by atoms with Crippen LogP contribution in [-0.4, -0.2) is 30.8 Å². The first-order valence-corrected chi connectivity index (χ1v) is 6.43. The van der Waals surface area contributed by atoms with E-state index in [1.807, 2.05) is 19.4 Å². The molecule has 1 fully saturated rings. The lowest BCUT2D eigenvalue weighted by atomic mass is 9.82. The standard InChI is InChI=1S/C14H22N2O/c1-10(12-4-7-16-8-5-12)14(15-3)13-6-9-17-11(13)2/h4-5,7-8,10-11,13-15H,6,9H2,1-3H3. The smallest absolute Gasteiger partial charge is 0.0591 e. The molecule has 2 rings (SSSR count). The fourth-order valence-electron chi connectivity index (χ4n) is 2.93. The zero-order chi connectivity index (χ0) is 12.3. The predicted molar refractivity (Wildman–Crippen MR) is 69.0 cm³/mol. The minimum Gasteiger partial charge on any atom is -0.378 e. The zero-order valence-corrected chi connectivity index (χ0v) is 10.9. The molecule has 4 atom stereocenters. The Labute approximate surface area is 104 Å². The quantitative estimate of drug-likeness (QED) is 0.867. The van der Waals surface area contributed by atoms with Crippen molar-refractivity contribution in [1.29, 1.82) is 0 Å². The van der Waals surface area contributed by atoms with Crippen molar-refractivity contribution in [2.45, 2.75) is 38.3 Å². The van der Waals surface area contributed by atoms with E-state index >= 15 is 0 Å². The molecule has 0 saturated carbocycles. The van der Waals surface area contributed by atoms with Crippen molar-refractivity contribution in [2.24, 2.45) is 5.92 Å². The summed E-state index contributed by atoms with van der Waals surface area (Å²) in [5.74, 6) is 1.08. The van der Waals surface area contributed by atoms with Crippen LogP contribution in [0.1, 0.15) is 31.7 Å². The van der Waals surface area contributed by atoms with Gasteiger partial charge in [0.25, 0.3) is 0 Å². The minimum atomic E-state index is 0.358. The number of likely N-dealkylation sites (N-methyl/N-ethyl adjacent to an activating group) is 1. The average molecular weight is 234 g/mol. The lowest BCUT2D eigenvalue weighted by Crippen LogP contribution is -2.40. The number of nitrogens with zero attached hydrogens (tertiary/aromatic N) is 1. The molecule has 1 N–H and O–H groups in total. The van der Waals surface area contributed by atoms with E-state index < -0.39 is 0 Å². The Morgan fingerprint density at radius 1 is 1.41 bits per heavy atom. The van der Waals surface area contributed by atoms with E-state index in [1.165, 1.54) is 5.56 Å². The minimum absolute atomic E-state index is 0.358. The summed E-state index contributed by atoms with van der Waals surface area (Å²) in [6.07, 6.45) is 5.25. The van der Waals surface area contributed by atoms with Gasteiger partial charge in [-0.05, 0) is 44.0 Å². The van der Waals surface area contributed by atoms with Gasteiger partial charge in [-0.3, -0.25) is 4.98 Å². The van der Waals surface area contributed by atoms with Crippen molar-refractivity contribution < 1.29 is 4.74 Å². The van der Waals surface area contributed by atoms with Gasteiger partial charge in [-0.25, -0.2) is 0 Å². The summed E-state index contributed by atoms with van der Waals surface area (Å²) in [6, 6.07) is 4.68. The highest BCUT2D eigenvalue weighted by molar-refractivity contribution is 5.18. The number of rotatable bonds is 4.